The van der Waals surface area contributed by atoms with Gasteiger partial charge in [0, 0.05) is 16.8 Å². The number of nitrogens with zero attached hydrogens (tertiary/aromatic N) is 3. The van der Waals surface area contributed by atoms with Crippen LogP contribution in [-0.2, 0) is 0 Å². The molecule has 0 fully saturated rings. The molecule has 3 aromatic carbocycles. The number of azo groups is 1. The quantitative estimate of drug-likeness (QED) is 0.539. The molecule has 22 heavy (non-hydrogen) atoms. The molecule has 0 aliphatic heterocycles. The SMILES string of the molecule is O=[N+](O)c1ccccc1/N=N/c1ccc(O)c2ccccc12. The number of aromatic hydroxyl groups is 1. The summed E-state index contributed by atoms with van der Waals surface area (Å²) < 4.78 is 0. The van der Waals surface area contributed by atoms with Crippen molar-refractivity contribution in [3.8, 4) is 5.75 Å². The van der Waals surface area contributed by atoms with Crippen molar-refractivity contribution in [1.29, 1.82) is 0 Å². The number of rotatable bonds is 3. The Labute approximate surface area is 125 Å². The molecule has 0 spiro atoms. The molecule has 0 aromatic heterocycles. The molecule has 0 atom stereocenters. The Balaban J connectivity index is 2.08. The van der Waals surface area contributed by atoms with E-state index in [1.807, 2.05) is 18.2 Å². The van der Waals surface area contributed by atoms with Crippen LogP contribution in [0.5, 0.6) is 5.75 Å². The summed E-state index contributed by atoms with van der Waals surface area (Å²) in [7, 11) is 0. The largest absolute Gasteiger partial charge is 0.507 e. The first-order chi connectivity index (χ1) is 10.7. The Morgan fingerprint density at radius 1 is 0.773 bits per heavy atom. The summed E-state index contributed by atoms with van der Waals surface area (Å²) in [5.41, 5.74) is 0.810. The lowest BCUT2D eigenvalue weighted by Gasteiger charge is -2.03. The van der Waals surface area contributed by atoms with Crippen molar-refractivity contribution in [2.24, 2.45) is 10.2 Å². The summed E-state index contributed by atoms with van der Waals surface area (Å²) in [6.07, 6.45) is 0. The van der Waals surface area contributed by atoms with Crippen molar-refractivity contribution >= 4 is 27.8 Å². The van der Waals surface area contributed by atoms with E-state index in [0.29, 0.717) is 11.1 Å². The molecule has 0 saturated heterocycles. The van der Waals surface area contributed by atoms with E-state index in [0.717, 1.165) is 5.39 Å². The number of phenols is 1. The maximum Gasteiger partial charge on any atom is 0.343 e. The van der Waals surface area contributed by atoms with Gasteiger partial charge in [0.05, 0.1) is 10.6 Å². The van der Waals surface area contributed by atoms with Gasteiger partial charge in [0.15, 0.2) is 5.69 Å². The Morgan fingerprint density at radius 3 is 2.18 bits per heavy atom. The first kappa shape index (κ1) is 13.7. The minimum Gasteiger partial charge on any atom is -0.507 e. The highest BCUT2D eigenvalue weighted by Crippen LogP contribution is 2.34. The van der Waals surface area contributed by atoms with E-state index in [1.165, 1.54) is 12.1 Å². The van der Waals surface area contributed by atoms with E-state index in [2.05, 4.69) is 10.2 Å². The highest BCUT2D eigenvalue weighted by atomic mass is 16.6. The summed E-state index contributed by atoms with van der Waals surface area (Å²) >= 11 is 0. The molecule has 0 radical (unpaired) electrons. The first-order valence-corrected chi connectivity index (χ1v) is 6.54. The van der Waals surface area contributed by atoms with Gasteiger partial charge in [0.1, 0.15) is 5.75 Å². The van der Waals surface area contributed by atoms with Crippen molar-refractivity contribution in [2.75, 3.05) is 0 Å². The van der Waals surface area contributed by atoms with Crippen molar-refractivity contribution in [3.63, 3.8) is 0 Å². The highest BCUT2D eigenvalue weighted by molar-refractivity contribution is 5.96. The minimum absolute atomic E-state index is 0.00864. The van der Waals surface area contributed by atoms with Crippen molar-refractivity contribution in [1.82, 2.24) is 0 Å². The molecular weight excluding hydrogens is 282 g/mol. The number of benzene rings is 3. The lowest BCUT2D eigenvalue weighted by Crippen LogP contribution is -1.91. The molecule has 3 rings (SSSR count). The molecule has 0 unspecified atom stereocenters. The van der Waals surface area contributed by atoms with Gasteiger partial charge < -0.3 is 5.11 Å². The average molecular weight is 294 g/mol. The predicted molar refractivity (Wildman–Crippen MR) is 81.3 cm³/mol. The molecule has 6 nitrogen and oxygen atoms in total. The molecule has 0 heterocycles. The van der Waals surface area contributed by atoms with E-state index in [1.54, 1.807) is 30.3 Å². The van der Waals surface area contributed by atoms with E-state index >= 15 is 0 Å². The number of fused-ring (bicyclic) bond motifs is 1. The topological polar surface area (TPSA) is 85.3 Å². The number of phenolic OH excluding ortho intramolecular Hbond substituents is 1. The van der Waals surface area contributed by atoms with Gasteiger partial charge in [0.25, 0.3) is 4.92 Å². The first-order valence-electron chi connectivity index (χ1n) is 6.54. The van der Waals surface area contributed by atoms with Gasteiger partial charge >= 0.3 is 5.69 Å². The standard InChI is InChI=1S/C16H11N3O3/c20-16-10-9-13(11-5-1-2-6-12(11)16)17-18-14-7-3-4-8-15(14)19(21)22/h1-10H,(H-,18,20,21,22)/p+1. The van der Waals surface area contributed by atoms with Crippen LogP contribution in [0, 0.1) is 4.91 Å². The monoisotopic (exact) mass is 294 g/mol. The second-order valence-corrected chi connectivity index (χ2v) is 4.61. The molecule has 0 aliphatic carbocycles. The van der Waals surface area contributed by atoms with E-state index in [-0.39, 0.29) is 22.0 Å². The molecule has 0 amide bonds. The number of para-hydroxylation sites is 1. The van der Waals surface area contributed by atoms with Gasteiger partial charge in [-0.3, -0.25) is 0 Å². The Morgan fingerprint density at radius 2 is 1.41 bits per heavy atom. The lowest BCUT2D eigenvalue weighted by atomic mass is 10.1. The van der Waals surface area contributed by atoms with Crippen LogP contribution in [0.4, 0.5) is 17.1 Å². The smallest absolute Gasteiger partial charge is 0.343 e. The van der Waals surface area contributed by atoms with Crippen LogP contribution in [-0.4, -0.2) is 15.2 Å². The molecule has 2 N–H and O–H groups in total. The average Bonchev–Trinajstić information content (AvgIpc) is 2.55. The molecule has 6 heteroatoms. The van der Waals surface area contributed by atoms with Crippen LogP contribution < -0.4 is 0 Å². The third-order valence-electron chi connectivity index (χ3n) is 3.23. The molecule has 0 bridgehead atoms. The van der Waals surface area contributed by atoms with Gasteiger partial charge in [-0.15, -0.1) is 10.2 Å². The van der Waals surface area contributed by atoms with Gasteiger partial charge in [-0.1, -0.05) is 36.4 Å². The summed E-state index contributed by atoms with van der Waals surface area (Å²) in [6.45, 7) is 0. The Bertz CT molecular complexity index is 891. The molecule has 0 saturated carbocycles. The van der Waals surface area contributed by atoms with Crippen LogP contribution in [0.3, 0.4) is 0 Å². The fourth-order valence-electron chi connectivity index (χ4n) is 2.17. The Hall–Kier alpha value is -3.28. The third kappa shape index (κ3) is 2.49. The Kier molecular flexibility index (Phi) is 3.49. The van der Waals surface area contributed by atoms with Crippen molar-refractivity contribution < 1.29 is 15.2 Å². The zero-order chi connectivity index (χ0) is 15.5. The third-order valence-corrected chi connectivity index (χ3v) is 3.23. The van der Waals surface area contributed by atoms with E-state index in [9.17, 15) is 10.0 Å². The molecular formula is C16H12N3O3+. The summed E-state index contributed by atoms with van der Waals surface area (Å²) in [4.78, 5) is 10.8. The molecule has 0 aliphatic rings. The zero-order valence-electron chi connectivity index (χ0n) is 11.4. The fourth-order valence-corrected chi connectivity index (χ4v) is 2.17. The highest BCUT2D eigenvalue weighted by Gasteiger charge is 2.17. The fraction of sp³-hybridized carbons (Fsp3) is 0. The summed E-state index contributed by atoms with van der Waals surface area (Å²) in [5.74, 6) is 0.163. The van der Waals surface area contributed by atoms with Crippen LogP contribution >= 0.6 is 0 Å². The second-order valence-electron chi connectivity index (χ2n) is 4.61. The lowest BCUT2D eigenvalue weighted by molar-refractivity contribution is -0.729. The predicted octanol–water partition coefficient (Wildman–Crippen LogP) is 4.76. The van der Waals surface area contributed by atoms with Crippen LogP contribution in [0.15, 0.2) is 70.9 Å². The van der Waals surface area contributed by atoms with E-state index < -0.39 is 0 Å². The number of hydrogen-bond donors (Lipinski definition) is 2. The van der Waals surface area contributed by atoms with Gasteiger partial charge in [-0.05, 0) is 18.2 Å². The van der Waals surface area contributed by atoms with Crippen LogP contribution in [0.1, 0.15) is 0 Å². The maximum atomic E-state index is 11.1. The second kappa shape index (κ2) is 5.61. The van der Waals surface area contributed by atoms with Gasteiger partial charge in [-0.2, -0.15) is 0 Å². The number of hydrogen-bond acceptors (Lipinski definition) is 4. The van der Waals surface area contributed by atoms with E-state index in [4.69, 9.17) is 5.21 Å². The molecule has 3 aromatic rings. The normalized spacial score (nSPS) is 11.1. The minimum atomic E-state index is -0.247. The summed E-state index contributed by atoms with van der Waals surface area (Å²) in [5, 5.41) is 28.5. The van der Waals surface area contributed by atoms with Crippen LogP contribution in [0.25, 0.3) is 10.8 Å². The van der Waals surface area contributed by atoms with Crippen molar-refractivity contribution in [3.05, 3.63) is 65.6 Å². The maximum absolute atomic E-state index is 11.1. The molecule has 108 valence electrons. The zero-order valence-corrected chi connectivity index (χ0v) is 11.4. The van der Waals surface area contributed by atoms with Gasteiger partial charge in [-0.25, -0.2) is 5.21 Å². The summed E-state index contributed by atoms with van der Waals surface area (Å²) in [6, 6.07) is 16.7. The van der Waals surface area contributed by atoms with Gasteiger partial charge in [0.2, 0.25) is 0 Å². The van der Waals surface area contributed by atoms with Crippen molar-refractivity contribution in [2.45, 2.75) is 0 Å². The van der Waals surface area contributed by atoms with Crippen LogP contribution in [0.2, 0.25) is 0 Å².